The molecular weight excluding hydrogens is 347 g/mol. The van der Waals surface area contributed by atoms with Crippen molar-refractivity contribution in [1.29, 1.82) is 0 Å². The summed E-state index contributed by atoms with van der Waals surface area (Å²) in [7, 11) is -0.379. The third kappa shape index (κ3) is 4.34. The molecule has 0 bridgehead atoms. The van der Waals surface area contributed by atoms with Gasteiger partial charge in [-0.2, -0.15) is 18.2 Å². The van der Waals surface area contributed by atoms with Crippen molar-refractivity contribution >= 4 is 15.7 Å². The smallest absolute Gasteiger partial charge is 0.416 e. The second-order valence-electron chi connectivity index (χ2n) is 5.14. The predicted molar refractivity (Wildman–Crippen MR) is 81.0 cm³/mol. The normalized spacial score (nSPS) is 12.1. The number of halogens is 3. The summed E-state index contributed by atoms with van der Waals surface area (Å²) >= 11 is 0. The van der Waals surface area contributed by atoms with Crippen molar-refractivity contribution in [3.63, 3.8) is 0 Å². The molecular formula is C14H14F3N3O3S. The third-order valence-corrected chi connectivity index (χ3v) is 3.71. The summed E-state index contributed by atoms with van der Waals surface area (Å²) < 4.78 is 66.3. The summed E-state index contributed by atoms with van der Waals surface area (Å²) in [4.78, 5) is 9.23. The Labute approximate surface area is 136 Å². The van der Waals surface area contributed by atoms with E-state index in [2.05, 4.69) is 9.97 Å². The van der Waals surface area contributed by atoms with E-state index in [1.165, 1.54) is 6.07 Å². The van der Waals surface area contributed by atoms with Crippen LogP contribution in [0.2, 0.25) is 0 Å². The molecule has 1 aromatic heterocycles. The SMILES string of the molecule is CN(C)c1cc(Oc2ccc(C(F)(F)F)cc2)nc(S(C)(=O)=O)n1. The van der Waals surface area contributed by atoms with Crippen molar-refractivity contribution in [3.8, 4) is 11.6 Å². The van der Waals surface area contributed by atoms with Crippen LogP contribution in [0, 0.1) is 0 Å². The van der Waals surface area contributed by atoms with Gasteiger partial charge in [-0.15, -0.1) is 0 Å². The maximum absolute atomic E-state index is 12.5. The van der Waals surface area contributed by atoms with Gasteiger partial charge in [-0.05, 0) is 24.3 Å². The zero-order chi connectivity index (χ0) is 18.1. The highest BCUT2D eigenvalue weighted by Gasteiger charge is 2.30. The number of ether oxygens (including phenoxy) is 1. The van der Waals surface area contributed by atoms with Gasteiger partial charge in [-0.1, -0.05) is 0 Å². The van der Waals surface area contributed by atoms with Gasteiger partial charge in [0.1, 0.15) is 11.6 Å². The van der Waals surface area contributed by atoms with Gasteiger partial charge in [-0.3, -0.25) is 0 Å². The van der Waals surface area contributed by atoms with Crippen molar-refractivity contribution in [2.24, 2.45) is 0 Å². The Hall–Kier alpha value is -2.36. The molecule has 1 heterocycles. The van der Waals surface area contributed by atoms with E-state index in [1.54, 1.807) is 19.0 Å². The topological polar surface area (TPSA) is 72.4 Å². The fourth-order valence-corrected chi connectivity index (χ4v) is 2.19. The first-order chi connectivity index (χ1) is 11.0. The van der Waals surface area contributed by atoms with Gasteiger partial charge in [0.05, 0.1) is 5.56 Å². The number of anilines is 1. The molecule has 0 atom stereocenters. The number of rotatable bonds is 4. The van der Waals surface area contributed by atoms with Crippen LogP contribution in [0.5, 0.6) is 11.6 Å². The molecule has 0 saturated carbocycles. The first-order valence-corrected chi connectivity index (χ1v) is 8.47. The van der Waals surface area contributed by atoms with Gasteiger partial charge in [0.15, 0.2) is 0 Å². The van der Waals surface area contributed by atoms with E-state index >= 15 is 0 Å². The molecule has 0 saturated heterocycles. The predicted octanol–water partition coefficient (Wildman–Crippen LogP) is 2.76. The van der Waals surface area contributed by atoms with Crippen molar-refractivity contribution in [3.05, 3.63) is 35.9 Å². The van der Waals surface area contributed by atoms with Crippen LogP contribution in [0.3, 0.4) is 0 Å². The molecule has 0 aliphatic heterocycles. The molecule has 2 rings (SSSR count). The summed E-state index contributed by atoms with van der Waals surface area (Å²) in [6, 6.07) is 5.36. The Morgan fingerprint density at radius 1 is 1.08 bits per heavy atom. The van der Waals surface area contributed by atoms with E-state index in [0.29, 0.717) is 0 Å². The van der Waals surface area contributed by atoms with Gasteiger partial charge in [0.25, 0.3) is 5.16 Å². The van der Waals surface area contributed by atoms with Crippen LogP contribution < -0.4 is 9.64 Å². The highest BCUT2D eigenvalue weighted by Crippen LogP contribution is 2.31. The Kier molecular flexibility index (Phi) is 4.70. The molecule has 0 N–H and O–H groups in total. The largest absolute Gasteiger partial charge is 0.439 e. The average molecular weight is 361 g/mol. The van der Waals surface area contributed by atoms with Crippen molar-refractivity contribution in [2.45, 2.75) is 11.3 Å². The molecule has 2 aromatic rings. The maximum Gasteiger partial charge on any atom is 0.416 e. The van der Waals surface area contributed by atoms with Crippen molar-refractivity contribution in [2.75, 3.05) is 25.3 Å². The summed E-state index contributed by atoms with van der Waals surface area (Å²) in [5, 5.41) is -0.435. The second-order valence-corrected chi connectivity index (χ2v) is 7.05. The summed E-state index contributed by atoms with van der Waals surface area (Å²) in [6.45, 7) is 0. The summed E-state index contributed by atoms with van der Waals surface area (Å²) in [5.74, 6) is 0.284. The number of benzene rings is 1. The average Bonchev–Trinajstić information content (AvgIpc) is 2.45. The zero-order valence-corrected chi connectivity index (χ0v) is 13.8. The lowest BCUT2D eigenvalue weighted by atomic mass is 10.2. The van der Waals surface area contributed by atoms with Crippen LogP contribution in [0.15, 0.2) is 35.5 Å². The zero-order valence-electron chi connectivity index (χ0n) is 13.0. The molecule has 0 fully saturated rings. The van der Waals surface area contributed by atoms with Crippen LogP contribution in [-0.4, -0.2) is 38.7 Å². The first kappa shape index (κ1) is 18.0. The molecule has 0 aliphatic rings. The van der Waals surface area contributed by atoms with Gasteiger partial charge in [0.2, 0.25) is 15.7 Å². The van der Waals surface area contributed by atoms with E-state index in [0.717, 1.165) is 30.5 Å². The molecule has 0 unspecified atom stereocenters. The van der Waals surface area contributed by atoms with E-state index in [-0.39, 0.29) is 17.4 Å². The van der Waals surface area contributed by atoms with Crippen LogP contribution in [0.1, 0.15) is 5.56 Å². The van der Waals surface area contributed by atoms with Crippen LogP contribution in [0.4, 0.5) is 19.0 Å². The number of aromatic nitrogens is 2. The molecule has 0 spiro atoms. The van der Waals surface area contributed by atoms with E-state index < -0.39 is 26.7 Å². The minimum absolute atomic E-state index is 0.0888. The van der Waals surface area contributed by atoms with Crippen molar-refractivity contribution in [1.82, 2.24) is 9.97 Å². The lowest BCUT2D eigenvalue weighted by Gasteiger charge is -2.14. The monoisotopic (exact) mass is 361 g/mol. The third-order valence-electron chi connectivity index (χ3n) is 2.86. The minimum Gasteiger partial charge on any atom is -0.439 e. The van der Waals surface area contributed by atoms with E-state index in [4.69, 9.17) is 4.74 Å². The first-order valence-electron chi connectivity index (χ1n) is 6.58. The highest BCUT2D eigenvalue weighted by molar-refractivity contribution is 7.90. The van der Waals surface area contributed by atoms with Crippen LogP contribution >= 0.6 is 0 Å². The molecule has 24 heavy (non-hydrogen) atoms. The Morgan fingerprint density at radius 2 is 1.67 bits per heavy atom. The number of nitrogens with zero attached hydrogens (tertiary/aromatic N) is 3. The molecule has 130 valence electrons. The lowest BCUT2D eigenvalue weighted by molar-refractivity contribution is -0.137. The maximum atomic E-state index is 12.5. The molecule has 0 radical (unpaired) electrons. The van der Waals surface area contributed by atoms with Gasteiger partial charge in [0, 0.05) is 26.4 Å². The Balaban J connectivity index is 2.37. The van der Waals surface area contributed by atoms with E-state index in [9.17, 15) is 21.6 Å². The standard InChI is InChI=1S/C14H14F3N3O3S/c1-20(2)11-8-12(19-13(18-11)24(3,21)22)23-10-6-4-9(5-7-10)14(15,16)17/h4-8H,1-3H3. The quantitative estimate of drug-likeness (QED) is 0.780. The van der Waals surface area contributed by atoms with Crippen molar-refractivity contribution < 1.29 is 26.3 Å². The molecule has 0 amide bonds. The minimum atomic E-state index is -4.45. The number of sulfone groups is 1. The highest BCUT2D eigenvalue weighted by atomic mass is 32.2. The van der Waals surface area contributed by atoms with E-state index in [1.807, 2.05) is 0 Å². The Morgan fingerprint density at radius 3 is 2.12 bits per heavy atom. The number of hydrogen-bond acceptors (Lipinski definition) is 6. The fourth-order valence-electron chi connectivity index (χ4n) is 1.67. The second kappa shape index (κ2) is 6.27. The Bertz CT molecular complexity index is 835. The number of alkyl halides is 3. The van der Waals surface area contributed by atoms with Gasteiger partial charge < -0.3 is 9.64 Å². The fraction of sp³-hybridized carbons (Fsp3) is 0.286. The van der Waals surface area contributed by atoms with Gasteiger partial charge in [-0.25, -0.2) is 13.4 Å². The van der Waals surface area contributed by atoms with Crippen LogP contribution in [-0.2, 0) is 16.0 Å². The summed E-state index contributed by atoms with van der Waals surface area (Å²) in [6.07, 6.45) is -3.50. The van der Waals surface area contributed by atoms with Gasteiger partial charge >= 0.3 is 6.18 Å². The number of hydrogen-bond donors (Lipinski definition) is 0. The van der Waals surface area contributed by atoms with Crippen LogP contribution in [0.25, 0.3) is 0 Å². The molecule has 1 aromatic carbocycles. The molecule has 10 heteroatoms. The lowest BCUT2D eigenvalue weighted by Crippen LogP contribution is -2.14. The summed E-state index contributed by atoms with van der Waals surface area (Å²) in [5.41, 5.74) is -0.816. The molecule has 0 aliphatic carbocycles. The molecule has 6 nitrogen and oxygen atoms in total.